The Labute approximate surface area is 125 Å². The topological polar surface area (TPSA) is 38.3 Å². The van der Waals surface area contributed by atoms with Crippen molar-refractivity contribution in [3.05, 3.63) is 34.3 Å². The lowest BCUT2D eigenvalue weighted by Crippen LogP contribution is -2.31. The summed E-state index contributed by atoms with van der Waals surface area (Å²) in [5.41, 5.74) is 1.74. The third kappa shape index (κ3) is 3.53. The van der Waals surface area contributed by atoms with Crippen molar-refractivity contribution in [2.45, 2.75) is 39.2 Å². The quantitative estimate of drug-likeness (QED) is 0.851. The normalized spacial score (nSPS) is 22.9. The summed E-state index contributed by atoms with van der Waals surface area (Å²) in [4.78, 5) is 12.3. The second kappa shape index (κ2) is 5.74. The maximum atomic E-state index is 12.3. The Hall–Kier alpha value is -1.06. The summed E-state index contributed by atoms with van der Waals surface area (Å²) in [7, 11) is 0. The number of benzene rings is 1. The predicted molar refractivity (Wildman–Crippen MR) is 81.1 cm³/mol. The van der Waals surface area contributed by atoms with Gasteiger partial charge in [-0.25, -0.2) is 0 Å². The molecule has 4 heteroatoms. The third-order valence-electron chi connectivity index (χ3n) is 3.53. The molecule has 1 aliphatic heterocycles. The van der Waals surface area contributed by atoms with Crippen molar-refractivity contribution < 1.29 is 9.53 Å². The van der Waals surface area contributed by atoms with Gasteiger partial charge in [-0.1, -0.05) is 23.7 Å². The first kappa shape index (κ1) is 15.3. The average molecular weight is 296 g/mol. The molecule has 2 atom stereocenters. The van der Waals surface area contributed by atoms with Gasteiger partial charge in [0.05, 0.1) is 5.92 Å². The minimum Gasteiger partial charge on any atom is -0.460 e. The molecule has 0 amide bonds. The molecular formula is C16H22ClNO2. The van der Waals surface area contributed by atoms with Crippen LogP contribution in [-0.2, 0) is 9.53 Å². The third-order valence-corrected chi connectivity index (χ3v) is 3.96. The van der Waals surface area contributed by atoms with Crippen LogP contribution in [0.5, 0.6) is 0 Å². The van der Waals surface area contributed by atoms with E-state index >= 15 is 0 Å². The summed E-state index contributed by atoms with van der Waals surface area (Å²) in [6.45, 7) is 9.14. The standard InChI is InChI=1S/C16H22ClNO2/c1-10-7-11(5-6-14(10)17)12-8-18-9-13(12)15(19)20-16(2,3)4/h5-7,12-13,18H,8-9H2,1-4H3. The van der Waals surface area contributed by atoms with Gasteiger partial charge in [0.25, 0.3) is 0 Å². The number of aryl methyl sites for hydroxylation is 1. The number of hydrogen-bond acceptors (Lipinski definition) is 3. The Morgan fingerprint density at radius 3 is 2.65 bits per heavy atom. The molecule has 20 heavy (non-hydrogen) atoms. The van der Waals surface area contributed by atoms with E-state index in [2.05, 4.69) is 11.4 Å². The highest BCUT2D eigenvalue weighted by Gasteiger charge is 2.36. The first-order valence-corrected chi connectivity index (χ1v) is 7.35. The van der Waals surface area contributed by atoms with Crippen LogP contribution >= 0.6 is 11.6 Å². The molecule has 0 bridgehead atoms. The number of rotatable bonds is 2. The van der Waals surface area contributed by atoms with Crippen LogP contribution in [0.1, 0.15) is 37.8 Å². The summed E-state index contributed by atoms with van der Waals surface area (Å²) in [5.74, 6) is -0.101. The highest BCUT2D eigenvalue weighted by atomic mass is 35.5. The van der Waals surface area contributed by atoms with Crippen molar-refractivity contribution in [3.8, 4) is 0 Å². The molecule has 110 valence electrons. The lowest BCUT2D eigenvalue weighted by Gasteiger charge is -2.24. The minimum absolute atomic E-state index is 0.125. The van der Waals surface area contributed by atoms with Gasteiger partial charge in [0.15, 0.2) is 0 Å². The molecule has 1 aromatic rings. The average Bonchev–Trinajstić information content (AvgIpc) is 2.79. The van der Waals surface area contributed by atoms with Crippen molar-refractivity contribution in [1.29, 1.82) is 0 Å². The fourth-order valence-corrected chi connectivity index (χ4v) is 2.67. The Morgan fingerprint density at radius 2 is 2.05 bits per heavy atom. The van der Waals surface area contributed by atoms with Crippen molar-refractivity contribution in [2.24, 2.45) is 5.92 Å². The summed E-state index contributed by atoms with van der Waals surface area (Å²) < 4.78 is 5.52. The van der Waals surface area contributed by atoms with Crippen LogP contribution in [0, 0.1) is 12.8 Å². The fraction of sp³-hybridized carbons (Fsp3) is 0.562. The van der Waals surface area contributed by atoms with Gasteiger partial charge in [0, 0.05) is 24.0 Å². The molecule has 2 unspecified atom stereocenters. The highest BCUT2D eigenvalue weighted by molar-refractivity contribution is 6.31. The molecule has 2 rings (SSSR count). The lowest BCUT2D eigenvalue weighted by molar-refractivity contribution is -0.159. The Kier molecular flexibility index (Phi) is 4.40. The van der Waals surface area contributed by atoms with Crippen molar-refractivity contribution in [3.63, 3.8) is 0 Å². The van der Waals surface area contributed by atoms with E-state index in [9.17, 15) is 4.79 Å². The molecule has 1 fully saturated rings. The van der Waals surface area contributed by atoms with Crippen LogP contribution in [0.25, 0.3) is 0 Å². The minimum atomic E-state index is -0.444. The SMILES string of the molecule is Cc1cc(C2CNCC2C(=O)OC(C)(C)C)ccc1Cl. The number of nitrogens with one attached hydrogen (secondary N) is 1. The molecule has 0 spiro atoms. The van der Waals surface area contributed by atoms with Crippen LogP contribution < -0.4 is 5.32 Å². The van der Waals surface area contributed by atoms with Gasteiger partial charge in [-0.3, -0.25) is 4.79 Å². The molecule has 1 heterocycles. The Balaban J connectivity index is 2.18. The van der Waals surface area contributed by atoms with Crippen LogP contribution in [0.2, 0.25) is 5.02 Å². The molecule has 0 saturated carbocycles. The monoisotopic (exact) mass is 295 g/mol. The molecule has 1 saturated heterocycles. The summed E-state index contributed by atoms with van der Waals surface area (Å²) in [6.07, 6.45) is 0. The van der Waals surface area contributed by atoms with Gasteiger partial charge in [-0.05, 0) is 44.9 Å². The van der Waals surface area contributed by atoms with Crippen LogP contribution in [0.15, 0.2) is 18.2 Å². The van der Waals surface area contributed by atoms with E-state index in [1.165, 1.54) is 0 Å². The lowest BCUT2D eigenvalue weighted by atomic mass is 9.88. The van der Waals surface area contributed by atoms with Crippen LogP contribution in [-0.4, -0.2) is 24.7 Å². The Morgan fingerprint density at radius 1 is 1.35 bits per heavy atom. The van der Waals surface area contributed by atoms with Crippen molar-refractivity contribution in [2.75, 3.05) is 13.1 Å². The van der Waals surface area contributed by atoms with Gasteiger partial charge in [-0.15, -0.1) is 0 Å². The first-order chi connectivity index (χ1) is 9.28. The van der Waals surface area contributed by atoms with E-state index in [4.69, 9.17) is 16.3 Å². The molecule has 1 aromatic carbocycles. The van der Waals surface area contributed by atoms with E-state index < -0.39 is 5.60 Å². The number of carbonyl (C=O) groups excluding carboxylic acids is 1. The molecule has 3 nitrogen and oxygen atoms in total. The van der Waals surface area contributed by atoms with E-state index in [1.54, 1.807) is 0 Å². The van der Waals surface area contributed by atoms with E-state index in [-0.39, 0.29) is 17.8 Å². The fourth-order valence-electron chi connectivity index (χ4n) is 2.55. The molecule has 0 radical (unpaired) electrons. The highest BCUT2D eigenvalue weighted by Crippen LogP contribution is 2.32. The molecule has 1 aliphatic rings. The van der Waals surface area contributed by atoms with Crippen molar-refractivity contribution >= 4 is 17.6 Å². The van der Waals surface area contributed by atoms with Crippen LogP contribution in [0.3, 0.4) is 0 Å². The zero-order valence-electron chi connectivity index (χ0n) is 12.5. The smallest absolute Gasteiger partial charge is 0.311 e. The summed E-state index contributed by atoms with van der Waals surface area (Å²) in [5, 5.41) is 4.05. The number of carbonyl (C=O) groups is 1. The van der Waals surface area contributed by atoms with E-state index in [1.807, 2.05) is 39.8 Å². The molecule has 1 N–H and O–H groups in total. The second-order valence-electron chi connectivity index (χ2n) is 6.41. The molecule has 0 aliphatic carbocycles. The van der Waals surface area contributed by atoms with Crippen LogP contribution in [0.4, 0.5) is 0 Å². The van der Waals surface area contributed by atoms with Gasteiger partial charge >= 0.3 is 5.97 Å². The zero-order valence-corrected chi connectivity index (χ0v) is 13.3. The molecular weight excluding hydrogens is 274 g/mol. The number of ether oxygens (including phenoxy) is 1. The van der Waals surface area contributed by atoms with Crippen molar-refractivity contribution in [1.82, 2.24) is 5.32 Å². The largest absolute Gasteiger partial charge is 0.460 e. The van der Waals surface area contributed by atoms with Gasteiger partial charge in [0.2, 0.25) is 0 Å². The Bertz CT molecular complexity index is 508. The van der Waals surface area contributed by atoms with E-state index in [0.29, 0.717) is 6.54 Å². The second-order valence-corrected chi connectivity index (χ2v) is 6.82. The number of halogens is 1. The summed E-state index contributed by atoms with van der Waals surface area (Å²) in [6, 6.07) is 5.97. The van der Waals surface area contributed by atoms with E-state index in [0.717, 1.165) is 22.7 Å². The maximum Gasteiger partial charge on any atom is 0.311 e. The van der Waals surface area contributed by atoms with Gasteiger partial charge < -0.3 is 10.1 Å². The summed E-state index contributed by atoms with van der Waals surface area (Å²) >= 11 is 6.07. The predicted octanol–water partition coefficient (Wildman–Crippen LogP) is 3.29. The number of hydrogen-bond donors (Lipinski definition) is 1. The number of esters is 1. The van der Waals surface area contributed by atoms with Gasteiger partial charge in [-0.2, -0.15) is 0 Å². The van der Waals surface area contributed by atoms with Gasteiger partial charge in [0.1, 0.15) is 5.60 Å². The maximum absolute atomic E-state index is 12.3. The zero-order chi connectivity index (χ0) is 14.9. The first-order valence-electron chi connectivity index (χ1n) is 6.97. The molecule has 0 aromatic heterocycles.